The SMILES string of the molecule is CC(C)N(C)C(=O)c1ccc(Cl)c(NC(=O)[C@H](C)N)c1. The van der Waals surface area contributed by atoms with Crippen LogP contribution in [0, 0.1) is 0 Å². The van der Waals surface area contributed by atoms with Crippen molar-refractivity contribution < 1.29 is 9.59 Å². The maximum absolute atomic E-state index is 12.2. The first-order valence-corrected chi connectivity index (χ1v) is 6.75. The van der Waals surface area contributed by atoms with Crippen LogP contribution in [0.25, 0.3) is 0 Å². The largest absolute Gasteiger partial charge is 0.339 e. The molecule has 1 aromatic rings. The molecule has 0 aromatic heterocycles. The van der Waals surface area contributed by atoms with Gasteiger partial charge in [-0.1, -0.05) is 11.6 Å². The molecule has 0 aliphatic carbocycles. The van der Waals surface area contributed by atoms with Gasteiger partial charge in [-0.05, 0) is 39.0 Å². The minimum absolute atomic E-state index is 0.0836. The third kappa shape index (κ3) is 3.95. The van der Waals surface area contributed by atoms with Gasteiger partial charge in [-0.25, -0.2) is 0 Å². The molecular formula is C14H20ClN3O2. The number of nitrogens with zero attached hydrogens (tertiary/aromatic N) is 1. The Kier molecular flexibility index (Phi) is 5.53. The Labute approximate surface area is 124 Å². The van der Waals surface area contributed by atoms with Crippen LogP contribution in [0.3, 0.4) is 0 Å². The fourth-order valence-corrected chi connectivity index (χ4v) is 1.60. The summed E-state index contributed by atoms with van der Waals surface area (Å²) in [5.74, 6) is -0.485. The highest BCUT2D eigenvalue weighted by atomic mass is 35.5. The van der Waals surface area contributed by atoms with Crippen molar-refractivity contribution in [3.63, 3.8) is 0 Å². The summed E-state index contributed by atoms with van der Waals surface area (Å²) in [5, 5.41) is 2.97. The number of hydrogen-bond donors (Lipinski definition) is 2. The molecule has 0 spiro atoms. The number of nitrogens with two attached hydrogens (primary N) is 1. The highest BCUT2D eigenvalue weighted by Gasteiger charge is 2.17. The molecule has 6 heteroatoms. The molecule has 0 saturated carbocycles. The van der Waals surface area contributed by atoms with Crippen LogP contribution in [-0.4, -0.2) is 35.8 Å². The molecule has 0 bridgehead atoms. The zero-order valence-corrected chi connectivity index (χ0v) is 12.9. The Morgan fingerprint density at radius 1 is 1.30 bits per heavy atom. The van der Waals surface area contributed by atoms with E-state index in [1.54, 1.807) is 37.1 Å². The Bertz CT molecular complexity index is 515. The van der Waals surface area contributed by atoms with Crippen molar-refractivity contribution >= 4 is 29.1 Å². The number of carbonyl (C=O) groups excluding carboxylic acids is 2. The van der Waals surface area contributed by atoms with Crippen molar-refractivity contribution in [1.29, 1.82) is 0 Å². The van der Waals surface area contributed by atoms with Crippen LogP contribution in [0.15, 0.2) is 18.2 Å². The van der Waals surface area contributed by atoms with Crippen LogP contribution in [0.5, 0.6) is 0 Å². The van der Waals surface area contributed by atoms with Crippen LogP contribution < -0.4 is 11.1 Å². The molecule has 0 aliphatic rings. The maximum atomic E-state index is 12.2. The molecule has 1 aromatic carbocycles. The molecule has 2 amide bonds. The van der Waals surface area contributed by atoms with Crippen molar-refractivity contribution in [2.75, 3.05) is 12.4 Å². The molecule has 0 fully saturated rings. The molecule has 0 aliphatic heterocycles. The molecule has 110 valence electrons. The lowest BCUT2D eigenvalue weighted by Crippen LogP contribution is -2.34. The zero-order chi connectivity index (χ0) is 15.4. The number of benzene rings is 1. The van der Waals surface area contributed by atoms with Crippen molar-refractivity contribution in [2.24, 2.45) is 5.73 Å². The second-order valence-corrected chi connectivity index (χ2v) is 5.39. The lowest BCUT2D eigenvalue weighted by Gasteiger charge is -2.22. The maximum Gasteiger partial charge on any atom is 0.253 e. The average molecular weight is 298 g/mol. The van der Waals surface area contributed by atoms with Crippen molar-refractivity contribution in [2.45, 2.75) is 32.9 Å². The predicted octanol–water partition coefficient (Wildman–Crippen LogP) is 2.11. The fraction of sp³-hybridized carbons (Fsp3) is 0.429. The van der Waals surface area contributed by atoms with E-state index in [1.807, 2.05) is 13.8 Å². The summed E-state index contributed by atoms with van der Waals surface area (Å²) in [6.45, 7) is 5.42. The third-order valence-electron chi connectivity index (χ3n) is 2.98. The number of anilines is 1. The molecule has 0 unspecified atom stereocenters. The highest BCUT2D eigenvalue weighted by molar-refractivity contribution is 6.34. The zero-order valence-electron chi connectivity index (χ0n) is 12.1. The highest BCUT2D eigenvalue weighted by Crippen LogP contribution is 2.24. The second kappa shape index (κ2) is 6.72. The van der Waals surface area contributed by atoms with E-state index in [4.69, 9.17) is 17.3 Å². The summed E-state index contributed by atoms with van der Waals surface area (Å²) in [6, 6.07) is 4.21. The first kappa shape index (κ1) is 16.5. The number of nitrogens with one attached hydrogen (secondary N) is 1. The summed E-state index contributed by atoms with van der Waals surface area (Å²) < 4.78 is 0. The van der Waals surface area contributed by atoms with Gasteiger partial charge < -0.3 is 16.0 Å². The van der Waals surface area contributed by atoms with E-state index in [0.717, 1.165) is 0 Å². The van der Waals surface area contributed by atoms with Gasteiger partial charge in [0.2, 0.25) is 5.91 Å². The van der Waals surface area contributed by atoms with Crippen LogP contribution in [0.2, 0.25) is 5.02 Å². The molecule has 0 heterocycles. The number of halogens is 1. The predicted molar refractivity (Wildman–Crippen MR) is 81.0 cm³/mol. The third-order valence-corrected chi connectivity index (χ3v) is 3.31. The normalized spacial score (nSPS) is 12.2. The smallest absolute Gasteiger partial charge is 0.253 e. The van der Waals surface area contributed by atoms with E-state index in [1.165, 1.54) is 0 Å². The summed E-state index contributed by atoms with van der Waals surface area (Å²) in [7, 11) is 1.72. The van der Waals surface area contributed by atoms with Crippen LogP contribution in [0.1, 0.15) is 31.1 Å². The Balaban J connectivity index is 3.02. The van der Waals surface area contributed by atoms with Crippen LogP contribution >= 0.6 is 11.6 Å². The van der Waals surface area contributed by atoms with E-state index in [-0.39, 0.29) is 17.9 Å². The second-order valence-electron chi connectivity index (χ2n) is 4.98. The summed E-state index contributed by atoms with van der Waals surface area (Å²) in [5.41, 5.74) is 6.34. The van der Waals surface area contributed by atoms with Gasteiger partial charge in [0.15, 0.2) is 0 Å². The molecule has 1 atom stereocenters. The van der Waals surface area contributed by atoms with Gasteiger partial charge in [-0.2, -0.15) is 0 Å². The Hall–Kier alpha value is -1.59. The van der Waals surface area contributed by atoms with Crippen molar-refractivity contribution in [3.8, 4) is 0 Å². The number of amides is 2. The van der Waals surface area contributed by atoms with Crippen molar-refractivity contribution in [1.82, 2.24) is 4.90 Å². The summed E-state index contributed by atoms with van der Waals surface area (Å²) in [6.07, 6.45) is 0. The van der Waals surface area contributed by atoms with Gasteiger partial charge in [0, 0.05) is 18.7 Å². The minimum Gasteiger partial charge on any atom is -0.339 e. The van der Waals surface area contributed by atoms with Crippen LogP contribution in [-0.2, 0) is 4.79 Å². The van der Waals surface area contributed by atoms with Gasteiger partial charge in [0.1, 0.15) is 0 Å². The average Bonchev–Trinajstić information content (AvgIpc) is 2.39. The van der Waals surface area contributed by atoms with E-state index >= 15 is 0 Å². The summed E-state index contributed by atoms with van der Waals surface area (Å²) in [4.78, 5) is 25.4. The first-order chi connectivity index (χ1) is 9.23. The van der Waals surface area contributed by atoms with E-state index in [2.05, 4.69) is 5.32 Å². The number of carbonyl (C=O) groups is 2. The van der Waals surface area contributed by atoms with Gasteiger partial charge in [0.05, 0.1) is 16.8 Å². The Morgan fingerprint density at radius 3 is 2.40 bits per heavy atom. The standard InChI is InChI=1S/C14H20ClN3O2/c1-8(2)18(4)14(20)10-5-6-11(15)12(7-10)17-13(19)9(3)16/h5-9H,16H2,1-4H3,(H,17,19)/t9-/m0/s1. The van der Waals surface area contributed by atoms with E-state index in [0.29, 0.717) is 16.3 Å². The topological polar surface area (TPSA) is 75.4 Å². The fourth-order valence-electron chi connectivity index (χ4n) is 1.44. The van der Waals surface area contributed by atoms with Gasteiger partial charge in [-0.3, -0.25) is 9.59 Å². The first-order valence-electron chi connectivity index (χ1n) is 6.37. The summed E-state index contributed by atoms with van der Waals surface area (Å²) >= 11 is 6.01. The van der Waals surface area contributed by atoms with Crippen molar-refractivity contribution in [3.05, 3.63) is 28.8 Å². The quantitative estimate of drug-likeness (QED) is 0.893. The van der Waals surface area contributed by atoms with Gasteiger partial charge >= 0.3 is 0 Å². The lowest BCUT2D eigenvalue weighted by molar-refractivity contribution is -0.117. The van der Waals surface area contributed by atoms with Gasteiger partial charge in [-0.15, -0.1) is 0 Å². The Morgan fingerprint density at radius 2 is 1.90 bits per heavy atom. The molecule has 20 heavy (non-hydrogen) atoms. The minimum atomic E-state index is -0.649. The molecule has 3 N–H and O–H groups in total. The molecule has 5 nitrogen and oxygen atoms in total. The van der Waals surface area contributed by atoms with Gasteiger partial charge in [0.25, 0.3) is 5.91 Å². The molecule has 0 saturated heterocycles. The number of rotatable bonds is 4. The lowest BCUT2D eigenvalue weighted by atomic mass is 10.1. The van der Waals surface area contributed by atoms with Crippen LogP contribution in [0.4, 0.5) is 5.69 Å². The molecular weight excluding hydrogens is 278 g/mol. The van der Waals surface area contributed by atoms with E-state index < -0.39 is 6.04 Å². The van der Waals surface area contributed by atoms with E-state index in [9.17, 15) is 9.59 Å². The number of hydrogen-bond acceptors (Lipinski definition) is 3. The monoisotopic (exact) mass is 297 g/mol. The molecule has 1 rings (SSSR count). The molecule has 0 radical (unpaired) electrons.